The molecule has 1 amide bonds. The van der Waals surface area contributed by atoms with Crippen LogP contribution in [0.4, 0.5) is 0 Å². The fourth-order valence-electron chi connectivity index (χ4n) is 4.76. The number of aliphatic hydroxyl groups is 2. The molecule has 1 saturated heterocycles. The van der Waals surface area contributed by atoms with Crippen LogP contribution in [0.2, 0.25) is 0 Å². The summed E-state index contributed by atoms with van der Waals surface area (Å²) in [5.74, 6) is -0.789. The van der Waals surface area contributed by atoms with Gasteiger partial charge in [-0.25, -0.2) is 0 Å². The number of hydrogen-bond acceptors (Lipinski definition) is 5. The molecule has 0 aromatic heterocycles. The van der Waals surface area contributed by atoms with Gasteiger partial charge in [0.2, 0.25) is 5.91 Å². The summed E-state index contributed by atoms with van der Waals surface area (Å²) < 4.78 is 5.87. The molecule has 2 aliphatic carbocycles. The van der Waals surface area contributed by atoms with E-state index in [-0.39, 0.29) is 29.9 Å². The van der Waals surface area contributed by atoms with Crippen molar-refractivity contribution in [1.82, 2.24) is 10.6 Å². The summed E-state index contributed by atoms with van der Waals surface area (Å²) in [6, 6.07) is 9.15. The van der Waals surface area contributed by atoms with E-state index in [0.29, 0.717) is 25.4 Å². The lowest BCUT2D eigenvalue weighted by Gasteiger charge is -2.27. The van der Waals surface area contributed by atoms with Gasteiger partial charge in [-0.05, 0) is 37.2 Å². The van der Waals surface area contributed by atoms with E-state index in [2.05, 4.69) is 17.6 Å². The van der Waals surface area contributed by atoms with Gasteiger partial charge in [-0.15, -0.1) is 0 Å². The molecule has 6 atom stereocenters. The van der Waals surface area contributed by atoms with Crippen molar-refractivity contribution in [2.75, 3.05) is 19.8 Å². The second-order valence-electron chi connectivity index (χ2n) is 8.82. The number of aliphatic hydroxyl groups excluding tert-OH is 1. The Hall–Kier alpha value is -1.47. The lowest BCUT2D eigenvalue weighted by atomic mass is 9.90. The Morgan fingerprint density at radius 2 is 2.07 bits per heavy atom. The second-order valence-corrected chi connectivity index (χ2v) is 8.82. The first-order valence-electron chi connectivity index (χ1n) is 9.99. The highest BCUT2D eigenvalue weighted by atomic mass is 16.6. The molecule has 3 fully saturated rings. The molecule has 0 radical (unpaired) electrons. The number of carbonyl (C=O) groups is 1. The molecular formula is C21H30N2O4. The Morgan fingerprint density at radius 3 is 2.74 bits per heavy atom. The molecule has 3 aliphatic rings. The fraction of sp³-hybridized carbons (Fsp3) is 0.667. The van der Waals surface area contributed by atoms with Crippen LogP contribution >= 0.6 is 0 Å². The van der Waals surface area contributed by atoms with Gasteiger partial charge in [0.25, 0.3) is 0 Å². The third-order valence-corrected chi connectivity index (χ3v) is 6.58. The van der Waals surface area contributed by atoms with Crippen LogP contribution in [0, 0.1) is 17.8 Å². The highest BCUT2D eigenvalue weighted by molar-refractivity contribution is 5.80. The first-order chi connectivity index (χ1) is 12.9. The van der Waals surface area contributed by atoms with Gasteiger partial charge in [0.05, 0.1) is 24.8 Å². The van der Waals surface area contributed by atoms with E-state index in [1.165, 1.54) is 0 Å². The second kappa shape index (κ2) is 7.17. The van der Waals surface area contributed by atoms with Crippen LogP contribution in [0.1, 0.15) is 44.2 Å². The molecule has 6 unspecified atom stereocenters. The van der Waals surface area contributed by atoms with Gasteiger partial charge in [0.1, 0.15) is 0 Å². The Kier molecular flexibility index (Phi) is 5.01. The first kappa shape index (κ1) is 18.9. The standard InChI is InChI=1S/C21H30N2O4/c1-20(12-22-20)13-27-21(26)9-15-7-8-16(17(15)10-21)19(25)23-18(11-24)14-5-3-2-4-6-14/h2-6,15-18,22,24,26H,7-13H2,1H3,(H,23,25). The van der Waals surface area contributed by atoms with Gasteiger partial charge in [-0.1, -0.05) is 30.3 Å². The molecule has 1 aromatic carbocycles. The zero-order valence-electron chi connectivity index (χ0n) is 15.9. The maximum absolute atomic E-state index is 12.9. The van der Waals surface area contributed by atoms with E-state index in [4.69, 9.17) is 4.74 Å². The first-order valence-corrected chi connectivity index (χ1v) is 9.99. The predicted octanol–water partition coefficient (Wildman–Crippen LogP) is 1.34. The van der Waals surface area contributed by atoms with Crippen LogP contribution in [0.15, 0.2) is 30.3 Å². The van der Waals surface area contributed by atoms with E-state index < -0.39 is 11.8 Å². The van der Waals surface area contributed by atoms with Crippen molar-refractivity contribution in [3.8, 4) is 0 Å². The number of benzene rings is 1. The van der Waals surface area contributed by atoms with Crippen LogP contribution in [0.3, 0.4) is 0 Å². The number of hydrogen-bond donors (Lipinski definition) is 4. The number of fused-ring (bicyclic) bond motifs is 1. The van der Waals surface area contributed by atoms with Crippen molar-refractivity contribution in [2.45, 2.75) is 50.0 Å². The summed E-state index contributed by atoms with van der Waals surface area (Å²) in [6.45, 7) is 3.37. The number of ether oxygens (including phenoxy) is 1. The summed E-state index contributed by atoms with van der Waals surface area (Å²) in [5, 5.41) is 26.8. The molecular weight excluding hydrogens is 344 g/mol. The van der Waals surface area contributed by atoms with E-state index in [1.54, 1.807) is 0 Å². The van der Waals surface area contributed by atoms with Crippen molar-refractivity contribution >= 4 is 5.91 Å². The number of amides is 1. The predicted molar refractivity (Wildman–Crippen MR) is 101 cm³/mol. The monoisotopic (exact) mass is 374 g/mol. The highest BCUT2D eigenvalue weighted by Crippen LogP contribution is 2.52. The Bertz CT molecular complexity index is 678. The van der Waals surface area contributed by atoms with Gasteiger partial charge >= 0.3 is 0 Å². The molecule has 148 valence electrons. The van der Waals surface area contributed by atoms with Crippen LogP contribution in [-0.4, -0.2) is 47.2 Å². The lowest BCUT2D eigenvalue weighted by molar-refractivity contribution is -0.206. The van der Waals surface area contributed by atoms with Crippen molar-refractivity contribution in [3.63, 3.8) is 0 Å². The molecule has 27 heavy (non-hydrogen) atoms. The van der Waals surface area contributed by atoms with E-state index >= 15 is 0 Å². The molecule has 6 nitrogen and oxygen atoms in total. The zero-order chi connectivity index (χ0) is 19.1. The van der Waals surface area contributed by atoms with Crippen molar-refractivity contribution < 1.29 is 19.7 Å². The number of carbonyl (C=O) groups excluding carboxylic acids is 1. The molecule has 0 bridgehead atoms. The molecule has 0 spiro atoms. The van der Waals surface area contributed by atoms with E-state index in [1.807, 2.05) is 30.3 Å². The van der Waals surface area contributed by atoms with Crippen molar-refractivity contribution in [1.29, 1.82) is 0 Å². The Balaban J connectivity index is 1.37. The molecule has 6 heteroatoms. The van der Waals surface area contributed by atoms with Gasteiger partial charge in [-0.3, -0.25) is 4.79 Å². The minimum Gasteiger partial charge on any atom is -0.394 e. The average Bonchev–Trinajstić information content (AvgIpc) is 3.14. The molecule has 4 N–H and O–H groups in total. The van der Waals surface area contributed by atoms with Crippen LogP contribution in [0.25, 0.3) is 0 Å². The average molecular weight is 374 g/mol. The molecule has 2 saturated carbocycles. The summed E-state index contributed by atoms with van der Waals surface area (Å²) in [7, 11) is 0. The minimum absolute atomic E-state index is 0.00572. The van der Waals surface area contributed by atoms with Crippen molar-refractivity contribution in [2.24, 2.45) is 17.8 Å². The third kappa shape index (κ3) is 4.04. The van der Waals surface area contributed by atoms with Crippen LogP contribution < -0.4 is 10.6 Å². The van der Waals surface area contributed by atoms with Gasteiger partial charge in [0, 0.05) is 25.3 Å². The van der Waals surface area contributed by atoms with Gasteiger partial charge in [0.15, 0.2) is 5.79 Å². The normalized spacial score (nSPS) is 38.4. The SMILES string of the molecule is CC1(COC2(O)CC3CCC(C(=O)NC(CO)c4ccccc4)C3C2)CN1. The van der Waals surface area contributed by atoms with Crippen molar-refractivity contribution in [3.05, 3.63) is 35.9 Å². The maximum Gasteiger partial charge on any atom is 0.223 e. The molecule has 1 aromatic rings. The third-order valence-electron chi connectivity index (χ3n) is 6.58. The summed E-state index contributed by atoms with van der Waals surface area (Å²) in [4.78, 5) is 12.9. The molecule has 4 rings (SSSR count). The largest absolute Gasteiger partial charge is 0.394 e. The fourth-order valence-corrected chi connectivity index (χ4v) is 4.76. The quantitative estimate of drug-likeness (QED) is 0.426. The lowest BCUT2D eigenvalue weighted by Crippen LogP contribution is -2.38. The minimum atomic E-state index is -1.11. The Labute approximate surface area is 160 Å². The highest BCUT2D eigenvalue weighted by Gasteiger charge is 2.53. The summed E-state index contributed by atoms with van der Waals surface area (Å²) >= 11 is 0. The number of nitrogens with one attached hydrogen (secondary N) is 2. The van der Waals surface area contributed by atoms with E-state index in [9.17, 15) is 15.0 Å². The zero-order valence-corrected chi connectivity index (χ0v) is 15.9. The smallest absolute Gasteiger partial charge is 0.223 e. The summed E-state index contributed by atoms with van der Waals surface area (Å²) in [5.41, 5.74) is 0.896. The molecule has 1 aliphatic heterocycles. The maximum atomic E-state index is 12.9. The number of rotatable bonds is 7. The van der Waals surface area contributed by atoms with Crippen LogP contribution in [0.5, 0.6) is 0 Å². The summed E-state index contributed by atoms with van der Waals surface area (Å²) in [6.07, 6.45) is 2.91. The van der Waals surface area contributed by atoms with Gasteiger partial charge in [-0.2, -0.15) is 0 Å². The van der Waals surface area contributed by atoms with Gasteiger partial charge < -0.3 is 25.6 Å². The van der Waals surface area contributed by atoms with E-state index in [0.717, 1.165) is 24.9 Å². The van der Waals surface area contributed by atoms with Crippen LogP contribution in [-0.2, 0) is 9.53 Å². The molecule has 1 heterocycles. The topological polar surface area (TPSA) is 101 Å². The Morgan fingerprint density at radius 1 is 1.33 bits per heavy atom.